The van der Waals surface area contributed by atoms with Crippen LogP contribution in [-0.2, 0) is 23.8 Å². The number of imidazole rings is 1. The number of H-pyrrole nitrogens is 1. The molecule has 0 fully saturated rings. The Kier molecular flexibility index (Phi) is 5.90. The van der Waals surface area contributed by atoms with Crippen LogP contribution in [0.2, 0.25) is 0 Å². The van der Waals surface area contributed by atoms with Crippen molar-refractivity contribution in [1.29, 1.82) is 0 Å². The summed E-state index contributed by atoms with van der Waals surface area (Å²) >= 11 is 1.22. The minimum absolute atomic E-state index is 0.0842. The van der Waals surface area contributed by atoms with Crippen LogP contribution in [0.1, 0.15) is 17.1 Å². The Bertz CT molecular complexity index is 1170. The lowest BCUT2D eigenvalue weighted by atomic mass is 10.2. The van der Waals surface area contributed by atoms with Crippen molar-refractivity contribution in [3.63, 3.8) is 0 Å². The van der Waals surface area contributed by atoms with E-state index in [0.717, 1.165) is 29.0 Å². The van der Waals surface area contributed by atoms with Gasteiger partial charge in [-0.1, -0.05) is 18.2 Å². The first-order chi connectivity index (χ1) is 14.9. The monoisotopic (exact) mass is 445 g/mol. The number of fused-ring (bicyclic) bond motifs is 1. The second-order valence-corrected chi connectivity index (χ2v) is 7.68. The number of thiazole rings is 1. The molecule has 31 heavy (non-hydrogen) atoms. The van der Waals surface area contributed by atoms with Crippen LogP contribution in [0.3, 0.4) is 0 Å². The Balaban J connectivity index is 1.28. The zero-order valence-electron chi connectivity index (χ0n) is 16.2. The molecule has 0 radical (unpaired) electrons. The first kappa shape index (κ1) is 20.9. The van der Waals surface area contributed by atoms with Crippen LogP contribution in [0, 0.1) is 0 Å². The molecule has 0 aliphatic rings. The predicted octanol–water partition coefficient (Wildman–Crippen LogP) is 4.68. The molecule has 3 N–H and O–H groups in total. The number of benzene rings is 2. The fraction of sp³-hybridized carbons (Fsp3) is 0.190. The van der Waals surface area contributed by atoms with Gasteiger partial charge in [-0.05, 0) is 30.3 Å². The standard InChI is InChI=1S/C21H18F3N5OS/c22-21(23,24)13-4-3-5-14(10-13)26-20-27-15(12-31-20)11-19(30)25-9-8-18-28-16-6-1-2-7-17(16)29-18/h1-7,10,12H,8-9,11H2,(H,25,30)(H,26,27)(H,28,29). The van der Waals surface area contributed by atoms with Gasteiger partial charge < -0.3 is 15.6 Å². The summed E-state index contributed by atoms with van der Waals surface area (Å²) in [6, 6.07) is 12.6. The lowest BCUT2D eigenvalue weighted by Gasteiger charge is -2.08. The summed E-state index contributed by atoms with van der Waals surface area (Å²) in [5, 5.41) is 7.80. The maximum atomic E-state index is 12.8. The van der Waals surface area contributed by atoms with Crippen molar-refractivity contribution < 1.29 is 18.0 Å². The van der Waals surface area contributed by atoms with E-state index in [2.05, 4.69) is 25.6 Å². The van der Waals surface area contributed by atoms with Gasteiger partial charge in [-0.25, -0.2) is 9.97 Å². The molecule has 10 heteroatoms. The number of anilines is 2. The molecule has 2 aromatic carbocycles. The van der Waals surface area contributed by atoms with Crippen molar-refractivity contribution in [3.8, 4) is 0 Å². The number of nitrogens with one attached hydrogen (secondary N) is 3. The van der Waals surface area contributed by atoms with E-state index in [1.807, 2.05) is 24.3 Å². The first-order valence-corrected chi connectivity index (χ1v) is 10.3. The molecule has 4 rings (SSSR count). The molecule has 0 saturated heterocycles. The zero-order valence-corrected chi connectivity index (χ0v) is 17.0. The second-order valence-electron chi connectivity index (χ2n) is 6.82. The molecule has 0 aliphatic heterocycles. The SMILES string of the molecule is O=C(Cc1csc(Nc2cccc(C(F)(F)F)c2)n1)NCCc1nc2ccccc2[nH]1. The van der Waals surface area contributed by atoms with E-state index in [4.69, 9.17) is 0 Å². The van der Waals surface area contributed by atoms with Gasteiger partial charge in [0.05, 0.1) is 28.7 Å². The van der Waals surface area contributed by atoms with E-state index in [-0.39, 0.29) is 18.0 Å². The van der Waals surface area contributed by atoms with Gasteiger partial charge >= 0.3 is 6.18 Å². The van der Waals surface area contributed by atoms with Gasteiger partial charge in [0.2, 0.25) is 5.91 Å². The molecule has 0 aliphatic carbocycles. The summed E-state index contributed by atoms with van der Waals surface area (Å²) in [5.41, 5.74) is 1.92. The Hall–Kier alpha value is -3.40. The maximum Gasteiger partial charge on any atom is 0.416 e. The fourth-order valence-electron chi connectivity index (χ4n) is 3.01. The number of para-hydroxylation sites is 2. The summed E-state index contributed by atoms with van der Waals surface area (Å²) in [6.07, 6.45) is -3.76. The molecular formula is C21H18F3N5OS. The van der Waals surface area contributed by atoms with Crippen LogP contribution in [0.4, 0.5) is 24.0 Å². The lowest BCUT2D eigenvalue weighted by molar-refractivity contribution is -0.137. The van der Waals surface area contributed by atoms with Gasteiger partial charge in [0, 0.05) is 24.0 Å². The van der Waals surface area contributed by atoms with Crippen LogP contribution < -0.4 is 10.6 Å². The Labute approximate surface area is 179 Å². The number of alkyl halides is 3. The van der Waals surface area contributed by atoms with Crippen LogP contribution in [-0.4, -0.2) is 27.4 Å². The highest BCUT2D eigenvalue weighted by molar-refractivity contribution is 7.13. The number of nitrogens with zero attached hydrogens (tertiary/aromatic N) is 2. The minimum atomic E-state index is -4.41. The van der Waals surface area contributed by atoms with Gasteiger partial charge in [-0.15, -0.1) is 11.3 Å². The summed E-state index contributed by atoms with van der Waals surface area (Å²) in [7, 11) is 0. The van der Waals surface area contributed by atoms with E-state index >= 15 is 0 Å². The summed E-state index contributed by atoms with van der Waals surface area (Å²) < 4.78 is 38.5. The number of halogens is 3. The first-order valence-electron chi connectivity index (χ1n) is 9.46. The molecule has 0 spiro atoms. The van der Waals surface area contributed by atoms with E-state index in [1.165, 1.54) is 23.5 Å². The van der Waals surface area contributed by atoms with Crippen molar-refractivity contribution in [2.75, 3.05) is 11.9 Å². The molecule has 2 aromatic heterocycles. The molecule has 160 valence electrons. The number of amides is 1. The third kappa shape index (κ3) is 5.40. The highest BCUT2D eigenvalue weighted by atomic mass is 32.1. The van der Waals surface area contributed by atoms with Crippen molar-refractivity contribution in [2.24, 2.45) is 0 Å². The Morgan fingerprint density at radius 2 is 1.94 bits per heavy atom. The van der Waals surface area contributed by atoms with E-state index < -0.39 is 11.7 Å². The highest BCUT2D eigenvalue weighted by Crippen LogP contribution is 2.31. The second kappa shape index (κ2) is 8.76. The summed E-state index contributed by atoms with van der Waals surface area (Å²) in [6.45, 7) is 0.429. The smallest absolute Gasteiger partial charge is 0.355 e. The predicted molar refractivity (Wildman–Crippen MR) is 113 cm³/mol. The number of carbonyl (C=O) groups excluding carboxylic acids is 1. The zero-order chi connectivity index (χ0) is 21.8. The van der Waals surface area contributed by atoms with Gasteiger partial charge in [0.1, 0.15) is 5.82 Å². The van der Waals surface area contributed by atoms with Crippen LogP contribution >= 0.6 is 11.3 Å². The van der Waals surface area contributed by atoms with Crippen LogP contribution in [0.25, 0.3) is 11.0 Å². The van der Waals surface area contributed by atoms with Crippen LogP contribution in [0.5, 0.6) is 0 Å². The highest BCUT2D eigenvalue weighted by Gasteiger charge is 2.30. The lowest BCUT2D eigenvalue weighted by Crippen LogP contribution is -2.27. The minimum Gasteiger partial charge on any atom is -0.355 e. The van der Waals surface area contributed by atoms with E-state index in [0.29, 0.717) is 23.8 Å². The fourth-order valence-corrected chi connectivity index (χ4v) is 3.74. The topological polar surface area (TPSA) is 82.7 Å². The Morgan fingerprint density at radius 1 is 1.10 bits per heavy atom. The van der Waals surface area contributed by atoms with Gasteiger partial charge in [0.25, 0.3) is 0 Å². The number of carbonyl (C=O) groups is 1. The van der Waals surface area contributed by atoms with E-state index in [1.54, 1.807) is 5.38 Å². The summed E-state index contributed by atoms with van der Waals surface area (Å²) in [4.78, 5) is 24.1. The molecular weight excluding hydrogens is 427 g/mol. The van der Waals surface area contributed by atoms with Crippen molar-refractivity contribution >= 4 is 39.1 Å². The average molecular weight is 445 g/mol. The number of rotatable bonds is 7. The largest absolute Gasteiger partial charge is 0.416 e. The van der Waals surface area contributed by atoms with Gasteiger partial charge in [-0.2, -0.15) is 13.2 Å². The molecule has 4 aromatic rings. The number of aromatic amines is 1. The molecule has 0 atom stereocenters. The average Bonchev–Trinajstić information content (AvgIpc) is 3.33. The van der Waals surface area contributed by atoms with Gasteiger partial charge in [-0.3, -0.25) is 4.79 Å². The molecule has 0 saturated carbocycles. The van der Waals surface area contributed by atoms with E-state index in [9.17, 15) is 18.0 Å². The molecule has 6 nitrogen and oxygen atoms in total. The number of aromatic nitrogens is 3. The van der Waals surface area contributed by atoms with Gasteiger partial charge in [0.15, 0.2) is 5.13 Å². The number of hydrogen-bond donors (Lipinski definition) is 3. The molecule has 1 amide bonds. The van der Waals surface area contributed by atoms with Crippen molar-refractivity contribution in [2.45, 2.75) is 19.0 Å². The third-order valence-corrected chi connectivity index (χ3v) is 5.26. The summed E-state index contributed by atoms with van der Waals surface area (Å²) in [5.74, 6) is 0.606. The number of hydrogen-bond acceptors (Lipinski definition) is 5. The molecule has 0 unspecified atom stereocenters. The maximum absolute atomic E-state index is 12.8. The molecule has 2 heterocycles. The Morgan fingerprint density at radius 3 is 2.74 bits per heavy atom. The van der Waals surface area contributed by atoms with Crippen molar-refractivity contribution in [3.05, 3.63) is 71.0 Å². The third-order valence-electron chi connectivity index (χ3n) is 4.46. The quantitative estimate of drug-likeness (QED) is 0.386. The normalized spacial score (nSPS) is 11.6. The van der Waals surface area contributed by atoms with Crippen molar-refractivity contribution in [1.82, 2.24) is 20.3 Å². The molecule has 0 bridgehead atoms. The van der Waals surface area contributed by atoms with Crippen LogP contribution in [0.15, 0.2) is 53.9 Å².